The Kier molecular flexibility index (Phi) is 6.97. The van der Waals surface area contributed by atoms with E-state index in [0.29, 0.717) is 60.2 Å². The van der Waals surface area contributed by atoms with Gasteiger partial charge in [-0.15, -0.1) is 0 Å². The van der Waals surface area contributed by atoms with Gasteiger partial charge in [-0.05, 0) is 31.9 Å². The molecule has 1 aliphatic carbocycles. The molecule has 4 aromatic rings. The van der Waals surface area contributed by atoms with Crippen molar-refractivity contribution < 1.29 is 21.9 Å². The fraction of sp³-hybridized carbons (Fsp3) is 0.321. The number of halogens is 2. The average molecular weight is 567 g/mol. The fourth-order valence-corrected chi connectivity index (χ4v) is 6.31. The first-order valence-corrected chi connectivity index (χ1v) is 14.6. The first-order valence-electron chi connectivity index (χ1n) is 13.1. The van der Waals surface area contributed by atoms with E-state index in [2.05, 4.69) is 30.3 Å². The molecule has 2 fully saturated rings. The van der Waals surface area contributed by atoms with E-state index in [-0.39, 0.29) is 28.9 Å². The Hall–Kier alpha value is -3.90. The largest absolute Gasteiger partial charge is 0.436 e. The van der Waals surface area contributed by atoms with Gasteiger partial charge in [0.05, 0.1) is 10.9 Å². The van der Waals surface area contributed by atoms with Crippen molar-refractivity contribution in [3.8, 4) is 22.9 Å². The zero-order valence-corrected chi connectivity index (χ0v) is 22.5. The number of rotatable bonds is 8. The lowest BCUT2D eigenvalue weighted by Crippen LogP contribution is -2.44. The van der Waals surface area contributed by atoms with Crippen LogP contribution in [0.4, 0.5) is 20.3 Å². The van der Waals surface area contributed by atoms with Crippen molar-refractivity contribution in [2.75, 3.05) is 23.1 Å². The molecule has 3 heterocycles. The Morgan fingerprint density at radius 2 is 1.80 bits per heavy atom. The maximum Gasteiger partial charge on any atom is 0.246 e. The monoisotopic (exact) mass is 566 g/mol. The summed E-state index contributed by atoms with van der Waals surface area (Å²) in [5, 5.41) is 6.71. The molecule has 208 valence electrons. The van der Waals surface area contributed by atoms with Crippen molar-refractivity contribution in [2.24, 2.45) is 0 Å². The van der Waals surface area contributed by atoms with Crippen LogP contribution < -0.4 is 20.1 Å². The van der Waals surface area contributed by atoms with Crippen molar-refractivity contribution in [1.29, 1.82) is 0 Å². The van der Waals surface area contributed by atoms with Crippen molar-refractivity contribution in [3.63, 3.8) is 0 Å². The van der Waals surface area contributed by atoms with Crippen LogP contribution in [0.15, 0.2) is 55.0 Å². The summed E-state index contributed by atoms with van der Waals surface area (Å²) in [6.07, 6.45) is 5.18. The quantitative estimate of drug-likeness (QED) is 0.274. The number of hydrogen-bond donors (Lipinski definition) is 3. The molecule has 12 heteroatoms. The predicted octanol–water partition coefficient (Wildman–Crippen LogP) is 4.95. The molecule has 1 saturated carbocycles. The Bertz CT molecular complexity index is 1680. The molecule has 6 rings (SSSR count). The fourth-order valence-electron chi connectivity index (χ4n) is 4.90. The number of aromatic nitrogens is 3. The lowest BCUT2D eigenvalue weighted by molar-refractivity contribution is 0.255. The summed E-state index contributed by atoms with van der Waals surface area (Å²) >= 11 is 0. The third-order valence-corrected chi connectivity index (χ3v) is 8.92. The van der Waals surface area contributed by atoms with Gasteiger partial charge >= 0.3 is 0 Å². The standard InChI is InChI=1S/C28H28F2N6O3S/c1-16-24(30)26(36-40(37,38)20-6-7-20)21-4-2-3-5-22(21)27(16)39-28-25(33-10-11-34-28)17-8-9-32-23(12-17)35-19-13-18(29)14-31-15-19/h2-5,8-12,18-20,31,36H,6-7,13-15H2,1H3,(H,32,35). The lowest BCUT2D eigenvalue weighted by Gasteiger charge is -2.26. The number of fused-ring (bicyclic) bond motifs is 1. The van der Waals surface area contributed by atoms with Crippen molar-refractivity contribution in [3.05, 3.63) is 66.4 Å². The Labute approximate surface area is 230 Å². The molecular weight excluding hydrogens is 538 g/mol. The van der Waals surface area contributed by atoms with Crippen LogP contribution in [0.25, 0.3) is 22.0 Å². The molecule has 2 aromatic heterocycles. The van der Waals surface area contributed by atoms with E-state index in [9.17, 15) is 12.8 Å². The van der Waals surface area contributed by atoms with Crippen molar-refractivity contribution >= 4 is 32.3 Å². The molecule has 0 bridgehead atoms. The summed E-state index contributed by atoms with van der Waals surface area (Å²) in [5.41, 5.74) is 1.09. The summed E-state index contributed by atoms with van der Waals surface area (Å²) < 4.78 is 63.6. The van der Waals surface area contributed by atoms with Gasteiger partial charge < -0.3 is 15.4 Å². The second-order valence-corrected chi connectivity index (χ2v) is 12.1. The number of anilines is 2. The van der Waals surface area contributed by atoms with Crippen LogP contribution in [-0.2, 0) is 10.0 Å². The Balaban J connectivity index is 1.35. The van der Waals surface area contributed by atoms with Gasteiger partial charge in [-0.1, -0.05) is 24.3 Å². The number of pyridine rings is 1. The number of nitrogens with zero attached hydrogens (tertiary/aromatic N) is 3. The van der Waals surface area contributed by atoms with Gasteiger partial charge in [-0.3, -0.25) is 4.72 Å². The van der Waals surface area contributed by atoms with E-state index in [1.165, 1.54) is 19.3 Å². The van der Waals surface area contributed by atoms with Gasteiger partial charge in [-0.2, -0.15) is 0 Å². The highest BCUT2D eigenvalue weighted by atomic mass is 32.2. The maximum atomic E-state index is 15.7. The predicted molar refractivity (Wildman–Crippen MR) is 149 cm³/mol. The van der Waals surface area contributed by atoms with E-state index in [1.54, 1.807) is 42.6 Å². The van der Waals surface area contributed by atoms with E-state index in [1.807, 2.05) is 0 Å². The van der Waals surface area contributed by atoms with E-state index in [4.69, 9.17) is 4.74 Å². The highest BCUT2D eigenvalue weighted by Crippen LogP contribution is 2.42. The van der Waals surface area contributed by atoms with Crippen molar-refractivity contribution in [2.45, 2.75) is 43.6 Å². The number of ether oxygens (including phenoxy) is 1. The maximum absolute atomic E-state index is 15.7. The molecule has 40 heavy (non-hydrogen) atoms. The molecule has 2 unspecified atom stereocenters. The smallest absolute Gasteiger partial charge is 0.246 e. The minimum atomic E-state index is -3.69. The number of nitrogens with one attached hydrogen (secondary N) is 3. The van der Waals surface area contributed by atoms with Gasteiger partial charge in [0.15, 0.2) is 5.82 Å². The zero-order valence-electron chi connectivity index (χ0n) is 21.7. The van der Waals surface area contributed by atoms with E-state index in [0.717, 1.165) is 0 Å². The lowest BCUT2D eigenvalue weighted by atomic mass is 10.0. The van der Waals surface area contributed by atoms with Crippen LogP contribution in [0.5, 0.6) is 11.6 Å². The number of hydrogen-bond acceptors (Lipinski definition) is 8. The van der Waals surface area contributed by atoms with Crippen LogP contribution in [0.2, 0.25) is 0 Å². The minimum absolute atomic E-state index is 0.0932. The van der Waals surface area contributed by atoms with Crippen molar-refractivity contribution in [1.82, 2.24) is 20.3 Å². The number of piperidine rings is 1. The third kappa shape index (κ3) is 5.28. The molecule has 2 aliphatic rings. The molecule has 3 N–H and O–H groups in total. The molecule has 1 aliphatic heterocycles. The van der Waals surface area contributed by atoms with Crippen LogP contribution in [0.3, 0.4) is 0 Å². The number of alkyl halides is 1. The molecule has 0 amide bonds. The topological polar surface area (TPSA) is 118 Å². The first kappa shape index (κ1) is 26.3. The summed E-state index contributed by atoms with van der Waals surface area (Å²) in [6.45, 7) is 2.50. The van der Waals surface area contributed by atoms with Gasteiger partial charge in [0, 0.05) is 66.0 Å². The Morgan fingerprint density at radius 3 is 2.58 bits per heavy atom. The normalized spacial score (nSPS) is 19.4. The van der Waals surface area contributed by atoms with Crippen LogP contribution in [0, 0.1) is 12.7 Å². The molecule has 0 radical (unpaired) electrons. The van der Waals surface area contributed by atoms with Crippen LogP contribution in [0.1, 0.15) is 24.8 Å². The molecule has 0 spiro atoms. The second-order valence-electron chi connectivity index (χ2n) is 10.1. The second kappa shape index (κ2) is 10.6. The SMILES string of the molecule is Cc1c(F)c(NS(=O)(=O)C2CC2)c2ccccc2c1Oc1nccnc1-c1ccnc(NC2CNCC(F)C2)c1. The van der Waals surface area contributed by atoms with Gasteiger partial charge in [-0.25, -0.2) is 32.2 Å². The number of sulfonamides is 1. The third-order valence-electron chi connectivity index (χ3n) is 7.08. The summed E-state index contributed by atoms with van der Waals surface area (Å²) in [7, 11) is -3.69. The Morgan fingerprint density at radius 1 is 1.02 bits per heavy atom. The molecule has 1 saturated heterocycles. The summed E-state index contributed by atoms with van der Waals surface area (Å²) in [4.78, 5) is 13.2. The van der Waals surface area contributed by atoms with Gasteiger partial charge in [0.25, 0.3) is 0 Å². The highest BCUT2D eigenvalue weighted by Gasteiger charge is 2.37. The molecule has 2 aromatic carbocycles. The molecular formula is C28H28F2N6O3S. The highest BCUT2D eigenvalue weighted by molar-refractivity contribution is 7.93. The first-order chi connectivity index (χ1) is 19.3. The zero-order chi connectivity index (χ0) is 27.9. The summed E-state index contributed by atoms with van der Waals surface area (Å²) in [6, 6.07) is 10.3. The summed E-state index contributed by atoms with van der Waals surface area (Å²) in [5.74, 6) is 0.182. The van der Waals surface area contributed by atoms with Gasteiger partial charge in [0.2, 0.25) is 15.9 Å². The van der Waals surface area contributed by atoms with E-state index >= 15 is 4.39 Å². The molecule has 9 nitrogen and oxygen atoms in total. The van der Waals surface area contributed by atoms with Gasteiger partial charge in [0.1, 0.15) is 23.4 Å². The van der Waals surface area contributed by atoms with E-state index < -0.39 is 27.3 Å². The minimum Gasteiger partial charge on any atom is -0.436 e. The molecule has 2 atom stereocenters. The number of benzene rings is 2. The van der Waals surface area contributed by atoms with Crippen LogP contribution in [-0.4, -0.2) is 53.9 Å². The average Bonchev–Trinajstić information content (AvgIpc) is 3.81. The van der Waals surface area contributed by atoms with Crippen LogP contribution >= 0.6 is 0 Å².